The molecule has 1 aromatic heterocycles. The number of ether oxygens (including phenoxy) is 1. The molecule has 0 amide bonds. The van der Waals surface area contributed by atoms with Gasteiger partial charge in [-0.3, -0.25) is 14.7 Å². The van der Waals surface area contributed by atoms with Gasteiger partial charge in [0.05, 0.1) is 29.8 Å². The first-order chi connectivity index (χ1) is 18.3. The predicted molar refractivity (Wildman–Crippen MR) is 140 cm³/mol. The Balaban J connectivity index is 1.12. The van der Waals surface area contributed by atoms with E-state index in [9.17, 15) is 14.3 Å². The third kappa shape index (κ3) is 4.72. The molecule has 9 heteroatoms. The van der Waals surface area contributed by atoms with Gasteiger partial charge in [0.2, 0.25) is 0 Å². The van der Waals surface area contributed by atoms with E-state index >= 15 is 0 Å². The molecule has 3 fully saturated rings. The average Bonchev–Trinajstić information content (AvgIpc) is 3.63. The summed E-state index contributed by atoms with van der Waals surface area (Å²) in [4.78, 5) is 27.1. The summed E-state index contributed by atoms with van der Waals surface area (Å²) in [5.41, 5.74) is 2.98. The van der Waals surface area contributed by atoms with Crippen LogP contribution in [0, 0.1) is 11.2 Å². The first-order valence-corrected chi connectivity index (χ1v) is 13.7. The van der Waals surface area contributed by atoms with Crippen LogP contribution in [0.3, 0.4) is 0 Å². The summed E-state index contributed by atoms with van der Waals surface area (Å²) < 4.78 is 19.7. The smallest absolute Gasteiger partial charge is 0.309 e. The Morgan fingerprint density at radius 1 is 1.21 bits per heavy atom. The van der Waals surface area contributed by atoms with Crippen molar-refractivity contribution < 1.29 is 23.9 Å². The highest BCUT2D eigenvalue weighted by molar-refractivity contribution is 5.85. The van der Waals surface area contributed by atoms with Crippen LogP contribution in [0.1, 0.15) is 63.3 Å². The number of aromatic nitrogens is 1. The fraction of sp³-hybridized carbons (Fsp3) is 0.552. The highest BCUT2D eigenvalue weighted by Crippen LogP contribution is 2.47. The lowest BCUT2D eigenvalue weighted by Gasteiger charge is -2.45. The van der Waals surface area contributed by atoms with Crippen LogP contribution < -0.4 is 4.74 Å². The highest BCUT2D eigenvalue weighted by Gasteiger charge is 2.51. The number of pyridine rings is 1. The molecular formula is C29H35FN4O4. The average molecular weight is 523 g/mol. The molecule has 6 rings (SSSR count). The molecule has 0 unspecified atom stereocenters. The molecule has 0 radical (unpaired) electrons. The molecule has 0 bridgehead atoms. The summed E-state index contributed by atoms with van der Waals surface area (Å²) in [6.45, 7) is 7.98. The number of carboxylic acids is 1. The highest BCUT2D eigenvalue weighted by atomic mass is 19.1. The Morgan fingerprint density at radius 3 is 2.55 bits per heavy atom. The van der Waals surface area contributed by atoms with Gasteiger partial charge in [-0.2, -0.15) is 0 Å². The second-order valence-corrected chi connectivity index (χ2v) is 11.5. The first-order valence-electron chi connectivity index (χ1n) is 13.7. The van der Waals surface area contributed by atoms with E-state index in [1.54, 1.807) is 12.1 Å². The van der Waals surface area contributed by atoms with Gasteiger partial charge in [-0.05, 0) is 57.2 Å². The van der Waals surface area contributed by atoms with E-state index < -0.39 is 11.4 Å². The summed E-state index contributed by atoms with van der Waals surface area (Å²) in [7, 11) is 0. The van der Waals surface area contributed by atoms with Crippen molar-refractivity contribution in [3.05, 3.63) is 47.5 Å². The number of aliphatic carboxylic acids is 1. The van der Waals surface area contributed by atoms with Crippen molar-refractivity contribution in [1.82, 2.24) is 14.8 Å². The fourth-order valence-corrected chi connectivity index (χ4v) is 5.92. The van der Waals surface area contributed by atoms with Crippen LogP contribution >= 0.6 is 0 Å². The molecule has 38 heavy (non-hydrogen) atoms. The Labute approximate surface area is 222 Å². The zero-order valence-corrected chi connectivity index (χ0v) is 22.1. The molecule has 1 aliphatic carbocycles. The molecule has 1 saturated carbocycles. The van der Waals surface area contributed by atoms with Crippen molar-refractivity contribution in [1.29, 1.82) is 0 Å². The van der Waals surface area contributed by atoms with Crippen molar-refractivity contribution in [3.63, 3.8) is 0 Å². The van der Waals surface area contributed by atoms with E-state index in [4.69, 9.17) is 14.6 Å². The number of carboxylic acid groups (broad SMARTS) is 1. The fourth-order valence-electron chi connectivity index (χ4n) is 5.92. The number of likely N-dealkylation sites (tertiary alicyclic amines) is 2. The number of nitrogens with zero attached hydrogens (tertiary/aromatic N) is 4. The Kier molecular flexibility index (Phi) is 6.29. The minimum Gasteiger partial charge on any atom is -0.493 e. The summed E-state index contributed by atoms with van der Waals surface area (Å²) in [6, 6.07) is 8.62. The molecule has 202 valence electrons. The normalized spacial score (nSPS) is 22.1. The van der Waals surface area contributed by atoms with Gasteiger partial charge < -0.3 is 19.6 Å². The third-order valence-electron chi connectivity index (χ3n) is 8.44. The van der Waals surface area contributed by atoms with Crippen LogP contribution in [0.15, 0.2) is 35.5 Å². The van der Waals surface area contributed by atoms with E-state index in [2.05, 4.69) is 15.0 Å². The van der Waals surface area contributed by atoms with E-state index in [0.717, 1.165) is 66.5 Å². The van der Waals surface area contributed by atoms with Crippen molar-refractivity contribution in [2.45, 2.75) is 64.0 Å². The topological polar surface area (TPSA) is 87.5 Å². The molecule has 2 aromatic rings. The van der Waals surface area contributed by atoms with Gasteiger partial charge in [0.1, 0.15) is 17.4 Å². The van der Waals surface area contributed by atoms with Crippen LogP contribution in [0.2, 0.25) is 0 Å². The van der Waals surface area contributed by atoms with Crippen LogP contribution in [0.5, 0.6) is 5.75 Å². The van der Waals surface area contributed by atoms with Gasteiger partial charge in [-0.1, -0.05) is 17.3 Å². The number of piperidine rings is 1. The minimum absolute atomic E-state index is 0.253. The predicted octanol–water partition coefficient (Wildman–Crippen LogP) is 4.64. The number of amidine groups is 1. The number of benzene rings is 1. The molecule has 1 spiro atoms. The molecule has 8 nitrogen and oxygen atoms in total. The summed E-state index contributed by atoms with van der Waals surface area (Å²) in [5.74, 6) is 1.19. The quantitative estimate of drug-likeness (QED) is 0.567. The molecule has 2 saturated heterocycles. The molecule has 3 aliphatic heterocycles. The van der Waals surface area contributed by atoms with Gasteiger partial charge >= 0.3 is 5.97 Å². The monoisotopic (exact) mass is 522 g/mol. The van der Waals surface area contributed by atoms with Crippen LogP contribution in [-0.2, 0) is 16.2 Å². The van der Waals surface area contributed by atoms with Crippen LogP contribution in [0.25, 0.3) is 11.1 Å². The number of rotatable bonds is 7. The number of oxime groups is 1. The number of halogens is 1. The minimum atomic E-state index is -0.718. The molecule has 1 N–H and O–H groups in total. The maximum atomic E-state index is 13.6. The van der Waals surface area contributed by atoms with Gasteiger partial charge in [0.15, 0.2) is 5.60 Å². The van der Waals surface area contributed by atoms with Crippen molar-refractivity contribution in [2.75, 3.05) is 32.8 Å². The summed E-state index contributed by atoms with van der Waals surface area (Å²) in [6.07, 6.45) is 4.21. The zero-order valence-electron chi connectivity index (χ0n) is 22.1. The molecule has 1 aromatic carbocycles. The molecular weight excluding hydrogens is 487 g/mol. The maximum Gasteiger partial charge on any atom is 0.309 e. The van der Waals surface area contributed by atoms with E-state index in [1.165, 1.54) is 12.1 Å². The van der Waals surface area contributed by atoms with Crippen LogP contribution in [-0.4, -0.2) is 70.1 Å². The molecule has 4 aliphatic rings. The lowest BCUT2D eigenvalue weighted by atomic mass is 9.80. The van der Waals surface area contributed by atoms with E-state index in [0.29, 0.717) is 45.0 Å². The largest absolute Gasteiger partial charge is 0.493 e. The molecule has 0 atom stereocenters. The summed E-state index contributed by atoms with van der Waals surface area (Å²) >= 11 is 0. The van der Waals surface area contributed by atoms with Gasteiger partial charge in [-0.15, -0.1) is 0 Å². The Hall–Kier alpha value is -3.20. The van der Waals surface area contributed by atoms with Crippen molar-refractivity contribution in [2.24, 2.45) is 10.6 Å². The lowest BCUT2D eigenvalue weighted by Crippen LogP contribution is -2.61. The first kappa shape index (κ1) is 25.1. The Morgan fingerprint density at radius 2 is 1.92 bits per heavy atom. The Bertz CT molecular complexity index is 1250. The molecule has 4 heterocycles. The third-order valence-corrected chi connectivity index (χ3v) is 8.44. The van der Waals surface area contributed by atoms with E-state index in [-0.39, 0.29) is 11.4 Å². The van der Waals surface area contributed by atoms with E-state index in [1.807, 2.05) is 19.9 Å². The van der Waals surface area contributed by atoms with Gasteiger partial charge in [0.25, 0.3) is 0 Å². The lowest BCUT2D eigenvalue weighted by molar-refractivity contribution is -0.150. The van der Waals surface area contributed by atoms with Crippen LogP contribution in [0.4, 0.5) is 4.39 Å². The number of hydrogen-bond donors (Lipinski definition) is 1. The zero-order chi connectivity index (χ0) is 26.5. The van der Waals surface area contributed by atoms with Crippen molar-refractivity contribution in [3.8, 4) is 16.9 Å². The number of carbonyl (C=O) groups is 1. The maximum absolute atomic E-state index is 13.6. The standard InChI is InChI=1S/C29H35FN4O4/c1-3-37-23-14-22(31-26(20-4-5-20)25(23)19-6-8-21(30)9-7-19)16-33-17-29(18-33)15-24(32-38-29)34-12-10-28(2,11-13-34)27(35)36/h6-9,14,20H,3-5,10-13,15-18H2,1-2H3,(H,35,36). The van der Waals surface area contributed by atoms with Gasteiger partial charge in [-0.25, -0.2) is 4.39 Å². The number of hydrogen-bond acceptors (Lipinski definition) is 7. The summed E-state index contributed by atoms with van der Waals surface area (Å²) in [5, 5.41) is 13.9. The second-order valence-electron chi connectivity index (χ2n) is 11.5. The second kappa shape index (κ2) is 9.52. The SMILES string of the molecule is CCOc1cc(CN2CC3(CC(N4CCC(C)(C(=O)O)CC4)=NO3)C2)nc(C2CC2)c1-c1ccc(F)cc1. The van der Waals surface area contributed by atoms with Crippen molar-refractivity contribution >= 4 is 11.8 Å². The van der Waals surface area contributed by atoms with Gasteiger partial charge in [0, 0.05) is 50.3 Å².